The Kier molecular flexibility index (Phi) is 3.65. The molecule has 1 aromatic rings. The van der Waals surface area contributed by atoms with Crippen LogP contribution in [0.4, 0.5) is 14.5 Å². The molecule has 2 N–H and O–H groups in total. The molecule has 0 spiro atoms. The van der Waals surface area contributed by atoms with Gasteiger partial charge in [-0.05, 0) is 12.5 Å². The third kappa shape index (κ3) is 2.93. The monoisotopic (exact) mass is 218 g/mol. The molecule has 4 nitrogen and oxygen atoms in total. The molecule has 0 saturated carbocycles. The second-order valence-electron chi connectivity index (χ2n) is 3.02. The highest BCUT2D eigenvalue weighted by Gasteiger charge is 2.17. The molecule has 0 bridgehead atoms. The van der Waals surface area contributed by atoms with E-state index in [0.717, 1.165) is 6.42 Å². The molecule has 0 unspecified atom stereocenters. The number of ether oxygens (including phenoxy) is 1. The molecular weight excluding hydrogens is 206 g/mol. The number of rotatable bonds is 4. The SMILES string of the molecule is CCCn1cc(N)cc1C(=O)OC(F)F. The van der Waals surface area contributed by atoms with Crippen molar-refractivity contribution in [2.75, 3.05) is 5.73 Å². The minimum absolute atomic E-state index is 0.0506. The van der Waals surface area contributed by atoms with Crippen molar-refractivity contribution in [2.45, 2.75) is 26.5 Å². The van der Waals surface area contributed by atoms with E-state index in [1.807, 2.05) is 6.92 Å². The topological polar surface area (TPSA) is 57.2 Å². The van der Waals surface area contributed by atoms with Crippen molar-refractivity contribution >= 4 is 11.7 Å². The zero-order valence-electron chi connectivity index (χ0n) is 8.24. The Balaban J connectivity index is 2.86. The lowest BCUT2D eigenvalue weighted by Gasteiger charge is -2.06. The fourth-order valence-corrected chi connectivity index (χ4v) is 1.27. The summed E-state index contributed by atoms with van der Waals surface area (Å²) in [6, 6.07) is 1.32. The maximum absolute atomic E-state index is 11.8. The molecule has 0 aliphatic carbocycles. The van der Waals surface area contributed by atoms with Gasteiger partial charge in [-0.15, -0.1) is 0 Å². The summed E-state index contributed by atoms with van der Waals surface area (Å²) in [5, 5.41) is 0. The second kappa shape index (κ2) is 4.77. The van der Waals surface area contributed by atoms with Crippen LogP contribution in [0.2, 0.25) is 0 Å². The Labute approximate surface area is 85.6 Å². The Morgan fingerprint density at radius 2 is 2.33 bits per heavy atom. The van der Waals surface area contributed by atoms with Gasteiger partial charge in [0.25, 0.3) is 0 Å². The fraction of sp³-hybridized carbons (Fsp3) is 0.444. The number of hydrogen-bond donors (Lipinski definition) is 1. The van der Waals surface area contributed by atoms with Crippen LogP contribution in [0.15, 0.2) is 12.3 Å². The third-order valence-corrected chi connectivity index (χ3v) is 1.79. The Morgan fingerprint density at radius 3 is 2.87 bits per heavy atom. The zero-order chi connectivity index (χ0) is 11.4. The average Bonchev–Trinajstić information content (AvgIpc) is 2.46. The summed E-state index contributed by atoms with van der Waals surface area (Å²) in [7, 11) is 0. The molecule has 0 aliphatic heterocycles. The van der Waals surface area contributed by atoms with E-state index in [1.54, 1.807) is 0 Å². The summed E-state index contributed by atoms with van der Waals surface area (Å²) in [6.07, 6.45) is 2.29. The third-order valence-electron chi connectivity index (χ3n) is 1.79. The predicted octanol–water partition coefficient (Wildman–Crippen LogP) is 1.86. The summed E-state index contributed by atoms with van der Waals surface area (Å²) in [4.78, 5) is 11.2. The molecule has 15 heavy (non-hydrogen) atoms. The molecule has 0 radical (unpaired) electrons. The van der Waals surface area contributed by atoms with Crippen LogP contribution in [-0.4, -0.2) is 17.1 Å². The quantitative estimate of drug-likeness (QED) is 0.785. The molecule has 1 aromatic heterocycles. The number of hydrogen-bond acceptors (Lipinski definition) is 3. The van der Waals surface area contributed by atoms with E-state index in [-0.39, 0.29) is 5.69 Å². The normalized spacial score (nSPS) is 10.7. The van der Waals surface area contributed by atoms with Gasteiger partial charge in [-0.25, -0.2) is 4.79 Å². The van der Waals surface area contributed by atoms with Gasteiger partial charge in [-0.2, -0.15) is 8.78 Å². The van der Waals surface area contributed by atoms with Crippen LogP contribution < -0.4 is 5.73 Å². The number of alkyl halides is 2. The molecule has 0 amide bonds. The summed E-state index contributed by atoms with van der Waals surface area (Å²) < 4.78 is 28.9. The van der Waals surface area contributed by atoms with Crippen molar-refractivity contribution in [3.8, 4) is 0 Å². The van der Waals surface area contributed by atoms with Crippen LogP contribution in [0.5, 0.6) is 0 Å². The van der Waals surface area contributed by atoms with Crippen molar-refractivity contribution in [3.63, 3.8) is 0 Å². The predicted molar refractivity (Wildman–Crippen MR) is 50.6 cm³/mol. The lowest BCUT2D eigenvalue weighted by molar-refractivity contribution is -0.0912. The van der Waals surface area contributed by atoms with Crippen LogP contribution in [0.25, 0.3) is 0 Å². The van der Waals surface area contributed by atoms with Gasteiger partial charge in [0.2, 0.25) is 0 Å². The first-order valence-corrected chi connectivity index (χ1v) is 4.49. The smallest absolute Gasteiger partial charge is 0.389 e. The first-order valence-electron chi connectivity index (χ1n) is 4.49. The van der Waals surface area contributed by atoms with Gasteiger partial charge in [0, 0.05) is 12.7 Å². The number of aromatic nitrogens is 1. The zero-order valence-corrected chi connectivity index (χ0v) is 8.24. The molecule has 84 valence electrons. The summed E-state index contributed by atoms with van der Waals surface area (Å²) in [6.45, 7) is -0.674. The van der Waals surface area contributed by atoms with Gasteiger partial charge < -0.3 is 15.0 Å². The highest BCUT2D eigenvalue weighted by molar-refractivity contribution is 5.89. The lowest BCUT2D eigenvalue weighted by Crippen LogP contribution is -2.14. The second-order valence-corrected chi connectivity index (χ2v) is 3.02. The maximum Gasteiger partial charge on any atom is 0.389 e. The molecule has 1 rings (SSSR count). The average molecular weight is 218 g/mol. The van der Waals surface area contributed by atoms with Crippen LogP contribution in [0.1, 0.15) is 23.8 Å². The van der Waals surface area contributed by atoms with Crippen molar-refractivity contribution < 1.29 is 18.3 Å². The van der Waals surface area contributed by atoms with E-state index < -0.39 is 12.6 Å². The van der Waals surface area contributed by atoms with Gasteiger partial charge >= 0.3 is 12.6 Å². The summed E-state index contributed by atoms with van der Waals surface area (Å²) in [5.74, 6) is -1.06. The highest BCUT2D eigenvalue weighted by atomic mass is 19.3. The fourth-order valence-electron chi connectivity index (χ4n) is 1.27. The van der Waals surface area contributed by atoms with Gasteiger partial charge in [0.15, 0.2) is 0 Å². The van der Waals surface area contributed by atoms with E-state index in [4.69, 9.17) is 5.73 Å². The van der Waals surface area contributed by atoms with E-state index in [9.17, 15) is 13.6 Å². The van der Waals surface area contributed by atoms with Crippen LogP contribution >= 0.6 is 0 Å². The minimum atomic E-state index is -3.11. The van der Waals surface area contributed by atoms with Crippen LogP contribution in [0.3, 0.4) is 0 Å². The molecule has 1 heterocycles. The molecule has 0 aliphatic rings. The number of anilines is 1. The van der Waals surface area contributed by atoms with Crippen molar-refractivity contribution in [1.82, 2.24) is 4.57 Å². The van der Waals surface area contributed by atoms with Gasteiger partial charge in [-0.3, -0.25) is 0 Å². The van der Waals surface area contributed by atoms with Gasteiger partial charge in [0.05, 0.1) is 5.69 Å². The standard InChI is InChI=1S/C9H12F2N2O2/c1-2-3-13-5-6(12)4-7(13)8(14)15-9(10)11/h4-5,9H,2-3,12H2,1H3. The largest absolute Gasteiger partial charge is 0.398 e. The van der Waals surface area contributed by atoms with E-state index in [0.29, 0.717) is 12.2 Å². The number of nitrogens with zero attached hydrogens (tertiary/aromatic N) is 1. The van der Waals surface area contributed by atoms with Gasteiger partial charge in [0.1, 0.15) is 5.69 Å². The number of aryl methyl sites for hydroxylation is 1. The lowest BCUT2D eigenvalue weighted by atomic mass is 10.4. The van der Waals surface area contributed by atoms with Crippen molar-refractivity contribution in [1.29, 1.82) is 0 Å². The number of carbonyl (C=O) groups is 1. The molecule has 0 aromatic carbocycles. The van der Waals surface area contributed by atoms with Crippen molar-refractivity contribution in [3.05, 3.63) is 18.0 Å². The summed E-state index contributed by atoms with van der Waals surface area (Å²) >= 11 is 0. The molecule has 0 saturated heterocycles. The van der Waals surface area contributed by atoms with Crippen molar-refractivity contribution in [2.24, 2.45) is 0 Å². The Hall–Kier alpha value is -1.59. The number of esters is 1. The van der Waals surface area contributed by atoms with Crippen LogP contribution in [-0.2, 0) is 11.3 Å². The van der Waals surface area contributed by atoms with E-state index in [2.05, 4.69) is 4.74 Å². The van der Waals surface area contributed by atoms with E-state index >= 15 is 0 Å². The van der Waals surface area contributed by atoms with E-state index in [1.165, 1.54) is 16.8 Å². The Bertz CT molecular complexity index is 350. The minimum Gasteiger partial charge on any atom is -0.398 e. The number of nitrogens with two attached hydrogens (primary N) is 1. The first-order chi connectivity index (χ1) is 7.04. The number of carbonyl (C=O) groups excluding carboxylic acids is 1. The molecule has 0 atom stereocenters. The molecular formula is C9H12F2N2O2. The maximum atomic E-state index is 11.8. The Morgan fingerprint density at radius 1 is 1.67 bits per heavy atom. The highest BCUT2D eigenvalue weighted by Crippen LogP contribution is 2.13. The number of halogens is 2. The van der Waals surface area contributed by atoms with Crippen LogP contribution in [0, 0.1) is 0 Å². The molecule has 0 fully saturated rings. The van der Waals surface area contributed by atoms with Gasteiger partial charge in [-0.1, -0.05) is 6.92 Å². The first kappa shape index (κ1) is 11.5. The molecule has 6 heteroatoms. The summed E-state index contributed by atoms with van der Waals surface area (Å²) in [5.41, 5.74) is 5.86. The number of nitrogen functional groups attached to an aromatic ring is 1.